The molecule has 0 unspecified atom stereocenters. The van der Waals surface area contributed by atoms with Crippen molar-refractivity contribution >= 4 is 35.2 Å². The second kappa shape index (κ2) is 9.76. The Labute approximate surface area is 169 Å². The summed E-state index contributed by atoms with van der Waals surface area (Å²) in [5.74, 6) is -0.599. The summed E-state index contributed by atoms with van der Waals surface area (Å²) in [6.07, 6.45) is 5.94. The lowest BCUT2D eigenvalue weighted by atomic mass is 10.3. The van der Waals surface area contributed by atoms with Crippen molar-refractivity contribution in [3.8, 4) is 0 Å². The fourth-order valence-corrected chi connectivity index (χ4v) is 3.51. The number of thiazole rings is 1. The zero-order valence-electron chi connectivity index (χ0n) is 15.7. The Morgan fingerprint density at radius 3 is 2.86 bits per heavy atom. The number of ketones is 1. The van der Waals surface area contributed by atoms with Crippen LogP contribution >= 0.6 is 11.3 Å². The summed E-state index contributed by atoms with van der Waals surface area (Å²) in [5, 5.41) is 2.67. The van der Waals surface area contributed by atoms with E-state index in [0.29, 0.717) is 28.0 Å². The molecule has 0 fully saturated rings. The first-order chi connectivity index (χ1) is 14.1. The standard InChI is InChI=1S/C20H19N3O5S/c1-27-10-8-22-18(25)13-23-19(12-15(24)16-6-4-9-28-16)29-17(20(23)26)11-14-5-2-3-7-21-14/h2-7,9,11-12H,8,10,13H2,1H3,(H,22,25)/b17-11+,19-12-. The molecule has 0 aliphatic carbocycles. The van der Waals surface area contributed by atoms with Gasteiger partial charge in [0.15, 0.2) is 5.76 Å². The van der Waals surface area contributed by atoms with Crippen molar-refractivity contribution in [3.63, 3.8) is 0 Å². The van der Waals surface area contributed by atoms with Gasteiger partial charge in [0.05, 0.1) is 23.1 Å². The maximum Gasteiger partial charge on any atom is 0.269 e. The minimum absolute atomic E-state index is 0.150. The second-order valence-electron chi connectivity index (χ2n) is 5.92. The van der Waals surface area contributed by atoms with Crippen molar-refractivity contribution in [2.75, 3.05) is 20.3 Å². The number of ether oxygens (including phenoxy) is 1. The van der Waals surface area contributed by atoms with Gasteiger partial charge in [0.25, 0.3) is 5.56 Å². The van der Waals surface area contributed by atoms with E-state index in [9.17, 15) is 14.4 Å². The highest BCUT2D eigenvalue weighted by Crippen LogP contribution is 2.02. The topological polar surface area (TPSA) is 103 Å². The van der Waals surface area contributed by atoms with Gasteiger partial charge in [-0.05, 0) is 30.3 Å². The molecular weight excluding hydrogens is 394 g/mol. The van der Waals surface area contributed by atoms with Crippen molar-refractivity contribution in [1.29, 1.82) is 0 Å². The van der Waals surface area contributed by atoms with Gasteiger partial charge in [-0.15, -0.1) is 11.3 Å². The van der Waals surface area contributed by atoms with Crippen LogP contribution in [0.25, 0.3) is 12.2 Å². The van der Waals surface area contributed by atoms with Crippen LogP contribution in [0.3, 0.4) is 0 Å². The van der Waals surface area contributed by atoms with Gasteiger partial charge in [0.2, 0.25) is 11.7 Å². The number of pyridine rings is 1. The SMILES string of the molecule is COCCNC(=O)Cn1c(=O)/c(=C\c2ccccn2)s/c1=C\C(=O)c1ccco1. The van der Waals surface area contributed by atoms with Crippen LogP contribution in [0.2, 0.25) is 0 Å². The third kappa shape index (κ3) is 5.37. The number of carbonyl (C=O) groups excluding carboxylic acids is 2. The minimum Gasteiger partial charge on any atom is -0.461 e. The van der Waals surface area contributed by atoms with Gasteiger partial charge in [-0.2, -0.15) is 0 Å². The summed E-state index contributed by atoms with van der Waals surface area (Å²) >= 11 is 1.11. The van der Waals surface area contributed by atoms with E-state index in [0.717, 1.165) is 11.3 Å². The maximum atomic E-state index is 12.9. The van der Waals surface area contributed by atoms with Gasteiger partial charge in [0.1, 0.15) is 11.2 Å². The number of amides is 1. The molecule has 9 heteroatoms. The number of methoxy groups -OCH3 is 1. The fourth-order valence-electron chi connectivity index (χ4n) is 2.48. The maximum absolute atomic E-state index is 12.9. The summed E-state index contributed by atoms with van der Waals surface area (Å²) < 4.78 is 12.0. The molecule has 0 radical (unpaired) electrons. The number of nitrogens with zero attached hydrogens (tertiary/aromatic N) is 2. The Hall–Kier alpha value is -3.30. The zero-order valence-corrected chi connectivity index (χ0v) is 16.5. The van der Waals surface area contributed by atoms with Crippen LogP contribution in [0, 0.1) is 0 Å². The molecule has 0 spiro atoms. The monoisotopic (exact) mass is 413 g/mol. The molecule has 3 heterocycles. The van der Waals surface area contributed by atoms with Gasteiger partial charge in [-0.3, -0.25) is 23.9 Å². The lowest BCUT2D eigenvalue weighted by Gasteiger charge is -2.05. The number of hydrogen-bond donors (Lipinski definition) is 1. The quantitative estimate of drug-likeness (QED) is 0.417. The summed E-state index contributed by atoms with van der Waals surface area (Å²) in [5.41, 5.74) is 0.229. The molecule has 150 valence electrons. The summed E-state index contributed by atoms with van der Waals surface area (Å²) in [6, 6.07) is 8.48. The molecule has 1 N–H and O–H groups in total. The smallest absolute Gasteiger partial charge is 0.269 e. The first-order valence-electron chi connectivity index (χ1n) is 8.76. The van der Waals surface area contributed by atoms with Crippen LogP contribution in [0.15, 0.2) is 52.0 Å². The van der Waals surface area contributed by atoms with E-state index in [1.54, 1.807) is 30.5 Å². The molecule has 29 heavy (non-hydrogen) atoms. The van der Waals surface area contributed by atoms with Crippen molar-refractivity contribution in [2.24, 2.45) is 0 Å². The number of hydrogen-bond acceptors (Lipinski definition) is 7. The van der Waals surface area contributed by atoms with Gasteiger partial charge in [-0.25, -0.2) is 0 Å². The van der Waals surface area contributed by atoms with Crippen LogP contribution in [0.4, 0.5) is 0 Å². The third-order valence-electron chi connectivity index (χ3n) is 3.85. The molecular formula is C20H19N3O5S. The summed E-state index contributed by atoms with van der Waals surface area (Å²) in [4.78, 5) is 41.7. The van der Waals surface area contributed by atoms with E-state index in [2.05, 4.69) is 10.3 Å². The Morgan fingerprint density at radius 2 is 2.17 bits per heavy atom. The number of aromatic nitrogens is 2. The van der Waals surface area contributed by atoms with Crippen LogP contribution in [0.1, 0.15) is 16.2 Å². The molecule has 0 bridgehead atoms. The van der Waals surface area contributed by atoms with E-state index >= 15 is 0 Å². The molecule has 0 saturated heterocycles. The lowest BCUT2D eigenvalue weighted by Crippen LogP contribution is -2.39. The van der Waals surface area contributed by atoms with E-state index in [-0.39, 0.29) is 23.8 Å². The van der Waals surface area contributed by atoms with Gasteiger partial charge < -0.3 is 14.5 Å². The number of furan rings is 1. The van der Waals surface area contributed by atoms with E-state index < -0.39 is 5.78 Å². The highest BCUT2D eigenvalue weighted by molar-refractivity contribution is 7.07. The molecule has 3 aromatic heterocycles. The molecule has 8 nitrogen and oxygen atoms in total. The molecule has 3 aromatic rings. The van der Waals surface area contributed by atoms with Crippen LogP contribution in [-0.2, 0) is 16.1 Å². The van der Waals surface area contributed by atoms with Gasteiger partial charge >= 0.3 is 0 Å². The van der Waals surface area contributed by atoms with Gasteiger partial charge in [-0.1, -0.05) is 6.07 Å². The van der Waals surface area contributed by atoms with Crippen LogP contribution < -0.4 is 20.1 Å². The Kier molecular flexibility index (Phi) is 6.88. The summed E-state index contributed by atoms with van der Waals surface area (Å²) in [6.45, 7) is 0.469. The molecule has 0 aliphatic heterocycles. The van der Waals surface area contributed by atoms with E-state index in [1.165, 1.54) is 30.1 Å². The van der Waals surface area contributed by atoms with Crippen molar-refractivity contribution < 1.29 is 18.7 Å². The fraction of sp³-hybridized carbons (Fsp3) is 0.200. The molecule has 0 saturated carbocycles. The zero-order chi connectivity index (χ0) is 20.6. The highest BCUT2D eigenvalue weighted by atomic mass is 32.1. The van der Waals surface area contributed by atoms with Crippen LogP contribution in [-0.4, -0.2) is 41.5 Å². The summed E-state index contributed by atoms with van der Waals surface area (Å²) in [7, 11) is 1.53. The predicted molar refractivity (Wildman–Crippen MR) is 108 cm³/mol. The molecule has 1 amide bonds. The average Bonchev–Trinajstić information content (AvgIpc) is 3.34. The molecule has 3 rings (SSSR count). The third-order valence-corrected chi connectivity index (χ3v) is 4.91. The largest absolute Gasteiger partial charge is 0.461 e. The molecule has 0 atom stereocenters. The predicted octanol–water partition coefficient (Wildman–Crippen LogP) is 0.153. The minimum atomic E-state index is -0.394. The van der Waals surface area contributed by atoms with Gasteiger partial charge in [0, 0.05) is 25.9 Å². The van der Waals surface area contributed by atoms with Crippen molar-refractivity contribution in [2.45, 2.75) is 6.54 Å². The Balaban J connectivity index is 2.02. The van der Waals surface area contributed by atoms with E-state index in [4.69, 9.17) is 9.15 Å². The Bertz CT molecular complexity index is 1150. The van der Waals surface area contributed by atoms with E-state index in [1.807, 2.05) is 6.07 Å². The van der Waals surface area contributed by atoms with Crippen molar-refractivity contribution in [3.05, 3.63) is 73.8 Å². The number of Topliss-reactive ketones (excluding diaryl/α,β-unsaturated/α-hetero) is 1. The Morgan fingerprint density at radius 1 is 1.31 bits per heavy atom. The molecule has 0 aromatic carbocycles. The number of carbonyl (C=O) groups is 2. The van der Waals surface area contributed by atoms with Crippen LogP contribution in [0.5, 0.6) is 0 Å². The first-order valence-corrected chi connectivity index (χ1v) is 9.57. The highest BCUT2D eigenvalue weighted by Gasteiger charge is 2.12. The number of rotatable bonds is 8. The second-order valence-corrected chi connectivity index (χ2v) is 6.99. The molecule has 0 aliphatic rings. The normalized spacial score (nSPS) is 12.3. The van der Waals surface area contributed by atoms with Crippen molar-refractivity contribution in [1.82, 2.24) is 14.9 Å². The lowest BCUT2D eigenvalue weighted by molar-refractivity contribution is -0.121. The average molecular weight is 413 g/mol. The first kappa shape index (κ1) is 20.4. The number of nitrogens with one attached hydrogen (secondary N) is 1.